The van der Waals surface area contributed by atoms with Crippen LogP contribution in [0.2, 0.25) is 0 Å². The van der Waals surface area contributed by atoms with Gasteiger partial charge in [0.25, 0.3) is 0 Å². The van der Waals surface area contributed by atoms with Crippen LogP contribution in [0.15, 0.2) is 211 Å². The van der Waals surface area contributed by atoms with Crippen LogP contribution in [0.4, 0.5) is 0 Å². The normalized spacial score (nSPS) is 12.1. The van der Waals surface area contributed by atoms with Crippen LogP contribution in [-0.2, 0) is 0 Å². The van der Waals surface area contributed by atoms with Crippen molar-refractivity contribution >= 4 is 98.1 Å². The Balaban J connectivity index is 0.995. The summed E-state index contributed by atoms with van der Waals surface area (Å²) in [5.41, 5.74) is 13.7. The molecule has 0 fully saturated rings. The van der Waals surface area contributed by atoms with E-state index < -0.39 is 0 Å². The van der Waals surface area contributed by atoms with Gasteiger partial charge in [-0.1, -0.05) is 133 Å². The Labute approximate surface area is 360 Å². The average Bonchev–Trinajstić information content (AvgIpc) is 4.00. The fourth-order valence-electron chi connectivity index (χ4n) is 10.3. The van der Waals surface area contributed by atoms with Gasteiger partial charge in [0.2, 0.25) is 0 Å². The van der Waals surface area contributed by atoms with Crippen molar-refractivity contribution in [2.24, 2.45) is 0 Å². The molecular weight excluding hydrogens is 769 g/mol. The second-order valence-corrected chi connectivity index (χ2v) is 16.5. The van der Waals surface area contributed by atoms with Gasteiger partial charge in [-0.2, -0.15) is 0 Å². The largest absolute Gasteiger partial charge is 0.455 e. The Hall–Kier alpha value is -8.54. The zero-order valence-corrected chi connectivity index (χ0v) is 33.8. The molecule has 0 saturated carbocycles. The minimum atomic E-state index is 0.786. The summed E-state index contributed by atoms with van der Waals surface area (Å²) in [5, 5.41) is 12.0. The Morgan fingerprint density at radius 1 is 0.365 bits per heavy atom. The van der Waals surface area contributed by atoms with Crippen molar-refractivity contribution in [3.63, 3.8) is 0 Å². The Morgan fingerprint density at radius 2 is 1.03 bits per heavy atom. The van der Waals surface area contributed by atoms with E-state index in [1.807, 2.05) is 36.4 Å². The van der Waals surface area contributed by atoms with E-state index in [-0.39, 0.29) is 0 Å². The second-order valence-electron chi connectivity index (χ2n) is 16.5. The lowest BCUT2D eigenvalue weighted by atomic mass is 10.0. The lowest BCUT2D eigenvalue weighted by molar-refractivity contribution is 0.670. The van der Waals surface area contributed by atoms with E-state index in [0.29, 0.717) is 0 Å². The number of benzene rings is 10. The molecule has 5 heteroatoms. The molecule has 14 rings (SSSR count). The molecule has 0 radical (unpaired) electrons. The molecular formula is C58H34N4O. The zero-order valence-electron chi connectivity index (χ0n) is 33.8. The average molecular weight is 803 g/mol. The predicted octanol–water partition coefficient (Wildman–Crippen LogP) is 15.4. The SMILES string of the molecule is c1cc(-c2nc3ccccc3nc2-c2cccc3c2oc2ccccc23)cc(-n2c3ccccc3c3cc4c(-n5c6ccccc6c6c7ccccc7ccc65)cccc4cc32)c1. The molecule has 5 nitrogen and oxygen atoms in total. The number of furan rings is 1. The van der Waals surface area contributed by atoms with Crippen LogP contribution < -0.4 is 0 Å². The van der Waals surface area contributed by atoms with Gasteiger partial charge in [0.05, 0.1) is 44.5 Å². The lowest BCUT2D eigenvalue weighted by Gasteiger charge is -2.14. The summed E-state index contributed by atoms with van der Waals surface area (Å²) in [6, 6.07) is 73.7. The molecule has 0 aliphatic rings. The summed E-state index contributed by atoms with van der Waals surface area (Å²) in [4.78, 5) is 10.7. The van der Waals surface area contributed by atoms with E-state index in [2.05, 4.69) is 179 Å². The highest BCUT2D eigenvalue weighted by Gasteiger charge is 2.22. The van der Waals surface area contributed by atoms with Gasteiger partial charge in [0, 0.05) is 54.5 Å². The van der Waals surface area contributed by atoms with E-state index >= 15 is 0 Å². The maximum Gasteiger partial charge on any atom is 0.144 e. The van der Waals surface area contributed by atoms with Crippen molar-refractivity contribution < 1.29 is 4.42 Å². The van der Waals surface area contributed by atoms with Crippen LogP contribution in [0.25, 0.3) is 132 Å². The number of fused-ring (bicyclic) bond motifs is 13. The molecule has 0 saturated heterocycles. The number of nitrogens with zero attached hydrogens (tertiary/aromatic N) is 4. The highest BCUT2D eigenvalue weighted by molar-refractivity contribution is 6.22. The van der Waals surface area contributed by atoms with Crippen molar-refractivity contribution in [3.8, 4) is 33.9 Å². The summed E-state index contributed by atoms with van der Waals surface area (Å²) in [5.74, 6) is 0. The van der Waals surface area contributed by atoms with Gasteiger partial charge in [-0.25, -0.2) is 9.97 Å². The van der Waals surface area contributed by atoms with Crippen molar-refractivity contribution in [1.29, 1.82) is 0 Å². The van der Waals surface area contributed by atoms with E-state index in [4.69, 9.17) is 14.4 Å². The highest BCUT2D eigenvalue weighted by Crippen LogP contribution is 2.43. The third-order valence-corrected chi connectivity index (χ3v) is 13.1. The molecule has 0 aliphatic heterocycles. The predicted molar refractivity (Wildman–Crippen MR) is 261 cm³/mol. The van der Waals surface area contributed by atoms with E-state index in [1.54, 1.807) is 0 Å². The molecule has 0 aliphatic carbocycles. The highest BCUT2D eigenvalue weighted by atomic mass is 16.3. The lowest BCUT2D eigenvalue weighted by Crippen LogP contribution is -1.98. The Morgan fingerprint density at radius 3 is 1.90 bits per heavy atom. The molecule has 0 atom stereocenters. The number of para-hydroxylation sites is 6. The van der Waals surface area contributed by atoms with Crippen molar-refractivity contribution in [1.82, 2.24) is 19.1 Å². The third kappa shape index (κ3) is 4.93. The summed E-state index contributed by atoms with van der Waals surface area (Å²) in [6.07, 6.45) is 0. The summed E-state index contributed by atoms with van der Waals surface area (Å²) in [6.45, 7) is 0. The zero-order chi connectivity index (χ0) is 41.2. The fourth-order valence-corrected chi connectivity index (χ4v) is 10.3. The molecule has 292 valence electrons. The van der Waals surface area contributed by atoms with Crippen LogP contribution in [0, 0.1) is 0 Å². The maximum absolute atomic E-state index is 6.57. The van der Waals surface area contributed by atoms with Crippen molar-refractivity contribution in [3.05, 3.63) is 206 Å². The molecule has 4 heterocycles. The topological polar surface area (TPSA) is 48.8 Å². The number of rotatable bonds is 4. The van der Waals surface area contributed by atoms with Crippen molar-refractivity contribution in [2.45, 2.75) is 0 Å². The molecule has 0 amide bonds. The van der Waals surface area contributed by atoms with E-state index in [1.165, 1.54) is 54.1 Å². The van der Waals surface area contributed by atoms with Gasteiger partial charge in [0.1, 0.15) is 16.9 Å². The Kier molecular flexibility index (Phi) is 7.05. The first-order valence-corrected chi connectivity index (χ1v) is 21.4. The van der Waals surface area contributed by atoms with Crippen LogP contribution in [0.3, 0.4) is 0 Å². The summed E-state index contributed by atoms with van der Waals surface area (Å²) < 4.78 is 11.4. The van der Waals surface area contributed by atoms with Crippen LogP contribution in [0.5, 0.6) is 0 Å². The molecule has 0 N–H and O–H groups in total. The molecule has 63 heavy (non-hydrogen) atoms. The van der Waals surface area contributed by atoms with E-state index in [0.717, 1.165) is 77.9 Å². The van der Waals surface area contributed by atoms with Gasteiger partial charge >= 0.3 is 0 Å². The summed E-state index contributed by atoms with van der Waals surface area (Å²) >= 11 is 0. The van der Waals surface area contributed by atoms with Crippen LogP contribution in [-0.4, -0.2) is 19.1 Å². The molecule has 0 unspecified atom stereocenters. The minimum Gasteiger partial charge on any atom is -0.455 e. The second kappa shape index (κ2) is 13.0. The van der Waals surface area contributed by atoms with Gasteiger partial charge in [-0.05, 0) is 89.0 Å². The van der Waals surface area contributed by atoms with Gasteiger partial charge in [-0.3, -0.25) is 0 Å². The Bertz CT molecular complexity index is 4230. The van der Waals surface area contributed by atoms with Crippen LogP contribution >= 0.6 is 0 Å². The first-order valence-electron chi connectivity index (χ1n) is 21.4. The first-order chi connectivity index (χ1) is 31.2. The molecule has 10 aromatic carbocycles. The monoisotopic (exact) mass is 802 g/mol. The van der Waals surface area contributed by atoms with Gasteiger partial charge < -0.3 is 13.6 Å². The van der Waals surface area contributed by atoms with Crippen LogP contribution in [0.1, 0.15) is 0 Å². The van der Waals surface area contributed by atoms with Crippen molar-refractivity contribution in [2.75, 3.05) is 0 Å². The number of hydrogen-bond donors (Lipinski definition) is 0. The first kappa shape index (κ1) is 34.2. The molecule has 0 bridgehead atoms. The standard InChI is InChI=1S/C58H34N4O/c1-2-18-39-35(14-1)30-31-52-55(39)43-21-4-9-27-50(43)62(52)51-28-12-15-36-33-53-46(34-45(36)51)40-19-3-8-26-49(40)61(53)38-17-11-16-37(32-38)56-57(60-48-25-7-6-24-47(48)59-56)44-23-13-22-42-41-20-5-10-29-54(41)63-58(42)44/h1-34H. The van der Waals surface area contributed by atoms with E-state index in [9.17, 15) is 0 Å². The van der Waals surface area contributed by atoms with Gasteiger partial charge in [-0.15, -0.1) is 0 Å². The number of aromatic nitrogens is 4. The van der Waals surface area contributed by atoms with Gasteiger partial charge in [0.15, 0.2) is 0 Å². The number of hydrogen-bond acceptors (Lipinski definition) is 3. The molecule has 14 aromatic rings. The smallest absolute Gasteiger partial charge is 0.144 e. The third-order valence-electron chi connectivity index (χ3n) is 13.1. The summed E-state index contributed by atoms with van der Waals surface area (Å²) in [7, 11) is 0. The molecule has 4 aromatic heterocycles. The fraction of sp³-hybridized carbons (Fsp3) is 0. The minimum absolute atomic E-state index is 0.786. The molecule has 0 spiro atoms. The quantitative estimate of drug-likeness (QED) is 0.178. The maximum atomic E-state index is 6.57.